The summed E-state index contributed by atoms with van der Waals surface area (Å²) in [5, 5.41) is 9.53. The largest absolute Gasteiger partial charge is 0.481 e. The Morgan fingerprint density at radius 2 is 1.94 bits per heavy atom. The van der Waals surface area contributed by atoms with E-state index in [9.17, 15) is 4.79 Å². The highest BCUT2D eigenvalue weighted by Gasteiger charge is 2.08. The molecule has 0 radical (unpaired) electrons. The van der Waals surface area contributed by atoms with E-state index in [1.54, 1.807) is 30.3 Å². The summed E-state index contributed by atoms with van der Waals surface area (Å²) in [5.41, 5.74) is 0.811. The third kappa shape index (κ3) is 3.06. The van der Waals surface area contributed by atoms with Crippen LogP contribution in [-0.2, 0) is 11.2 Å². The van der Waals surface area contributed by atoms with Crippen molar-refractivity contribution in [2.45, 2.75) is 12.8 Å². The molecular formula is C13H10Cl2O3. The van der Waals surface area contributed by atoms with Crippen molar-refractivity contribution in [3.63, 3.8) is 0 Å². The van der Waals surface area contributed by atoms with Gasteiger partial charge in [0.25, 0.3) is 0 Å². The highest BCUT2D eigenvalue weighted by atomic mass is 35.5. The number of benzene rings is 1. The minimum atomic E-state index is -0.845. The predicted octanol–water partition coefficient (Wildman–Crippen LogP) is 4.27. The van der Waals surface area contributed by atoms with Gasteiger partial charge in [0.15, 0.2) is 0 Å². The Labute approximate surface area is 114 Å². The molecule has 1 N–H and O–H groups in total. The van der Waals surface area contributed by atoms with Gasteiger partial charge in [0.1, 0.15) is 11.5 Å². The zero-order valence-electron chi connectivity index (χ0n) is 9.32. The average Bonchev–Trinajstić information content (AvgIpc) is 2.79. The van der Waals surface area contributed by atoms with Crippen LogP contribution in [-0.4, -0.2) is 11.1 Å². The Hall–Kier alpha value is -1.45. The number of carboxylic acids is 1. The molecule has 0 atom stereocenters. The summed E-state index contributed by atoms with van der Waals surface area (Å²) >= 11 is 11.8. The van der Waals surface area contributed by atoms with Gasteiger partial charge in [-0.05, 0) is 30.3 Å². The van der Waals surface area contributed by atoms with Gasteiger partial charge in [-0.2, -0.15) is 0 Å². The van der Waals surface area contributed by atoms with Crippen LogP contribution < -0.4 is 0 Å². The molecule has 0 saturated carbocycles. The highest BCUT2D eigenvalue weighted by molar-refractivity contribution is 6.42. The van der Waals surface area contributed by atoms with Crippen LogP contribution in [0.4, 0.5) is 0 Å². The lowest BCUT2D eigenvalue weighted by Gasteiger charge is -2.00. The molecule has 0 aliphatic heterocycles. The second kappa shape index (κ2) is 5.46. The lowest BCUT2D eigenvalue weighted by molar-refractivity contribution is -0.137. The second-order valence-electron chi connectivity index (χ2n) is 3.79. The van der Waals surface area contributed by atoms with E-state index in [4.69, 9.17) is 32.7 Å². The van der Waals surface area contributed by atoms with Crippen LogP contribution in [0, 0.1) is 0 Å². The van der Waals surface area contributed by atoms with Gasteiger partial charge in [0, 0.05) is 12.0 Å². The number of hydrogen-bond acceptors (Lipinski definition) is 2. The second-order valence-corrected chi connectivity index (χ2v) is 4.60. The van der Waals surface area contributed by atoms with Crippen LogP contribution in [0.25, 0.3) is 11.3 Å². The van der Waals surface area contributed by atoms with Crippen molar-refractivity contribution in [2.24, 2.45) is 0 Å². The fourth-order valence-corrected chi connectivity index (χ4v) is 1.85. The highest BCUT2D eigenvalue weighted by Crippen LogP contribution is 2.29. The Morgan fingerprint density at radius 3 is 2.61 bits per heavy atom. The molecule has 0 bridgehead atoms. The van der Waals surface area contributed by atoms with Gasteiger partial charge >= 0.3 is 5.97 Å². The van der Waals surface area contributed by atoms with E-state index in [1.807, 2.05) is 0 Å². The van der Waals surface area contributed by atoms with Crippen molar-refractivity contribution < 1.29 is 14.3 Å². The molecule has 0 saturated heterocycles. The fraction of sp³-hybridized carbons (Fsp3) is 0.154. The molecule has 0 fully saturated rings. The summed E-state index contributed by atoms with van der Waals surface area (Å²) in [6.07, 6.45) is 0.422. The molecular weight excluding hydrogens is 275 g/mol. The number of furan rings is 1. The molecule has 0 aliphatic carbocycles. The van der Waals surface area contributed by atoms with Gasteiger partial charge in [-0.15, -0.1) is 0 Å². The first-order chi connectivity index (χ1) is 8.56. The van der Waals surface area contributed by atoms with Crippen molar-refractivity contribution in [2.75, 3.05) is 0 Å². The van der Waals surface area contributed by atoms with Crippen LogP contribution in [0.3, 0.4) is 0 Å². The quantitative estimate of drug-likeness (QED) is 0.912. The van der Waals surface area contributed by atoms with Crippen molar-refractivity contribution in [1.82, 2.24) is 0 Å². The zero-order valence-corrected chi connectivity index (χ0v) is 10.8. The summed E-state index contributed by atoms with van der Waals surface area (Å²) in [6.45, 7) is 0. The lowest BCUT2D eigenvalue weighted by Crippen LogP contribution is -1.96. The third-order valence-electron chi connectivity index (χ3n) is 2.45. The first kappa shape index (κ1) is 13.0. The Morgan fingerprint density at radius 1 is 1.17 bits per heavy atom. The van der Waals surface area contributed by atoms with E-state index in [0.29, 0.717) is 28.0 Å². The molecule has 3 nitrogen and oxygen atoms in total. The van der Waals surface area contributed by atoms with Gasteiger partial charge in [0.05, 0.1) is 16.5 Å². The van der Waals surface area contributed by atoms with Crippen LogP contribution in [0.1, 0.15) is 12.2 Å². The van der Waals surface area contributed by atoms with Crippen molar-refractivity contribution >= 4 is 29.2 Å². The number of carboxylic acid groups (broad SMARTS) is 1. The summed E-state index contributed by atoms with van der Waals surface area (Å²) in [6, 6.07) is 8.76. The van der Waals surface area contributed by atoms with Gasteiger partial charge in [-0.25, -0.2) is 0 Å². The maximum Gasteiger partial charge on any atom is 0.303 e. The van der Waals surface area contributed by atoms with Crippen LogP contribution >= 0.6 is 23.2 Å². The maximum atomic E-state index is 10.5. The molecule has 1 aromatic carbocycles. The van der Waals surface area contributed by atoms with E-state index in [0.717, 1.165) is 5.56 Å². The van der Waals surface area contributed by atoms with E-state index in [2.05, 4.69) is 0 Å². The molecule has 0 unspecified atom stereocenters. The average molecular weight is 285 g/mol. The molecule has 18 heavy (non-hydrogen) atoms. The molecule has 1 heterocycles. The molecule has 2 aromatic rings. The van der Waals surface area contributed by atoms with E-state index in [-0.39, 0.29) is 6.42 Å². The Bertz CT molecular complexity index is 575. The molecule has 1 aromatic heterocycles. The predicted molar refractivity (Wildman–Crippen MR) is 70.1 cm³/mol. The monoisotopic (exact) mass is 284 g/mol. The summed E-state index contributed by atoms with van der Waals surface area (Å²) in [5.74, 6) is 0.440. The zero-order chi connectivity index (χ0) is 13.1. The SMILES string of the molecule is O=C(O)CCc1ccc(-c2ccc(Cl)c(Cl)c2)o1. The maximum absolute atomic E-state index is 10.5. The molecule has 0 spiro atoms. The van der Waals surface area contributed by atoms with E-state index >= 15 is 0 Å². The third-order valence-corrected chi connectivity index (χ3v) is 3.19. The minimum Gasteiger partial charge on any atom is -0.481 e. The number of carbonyl (C=O) groups is 1. The molecule has 2 rings (SSSR count). The summed E-state index contributed by atoms with van der Waals surface area (Å²) in [7, 11) is 0. The topological polar surface area (TPSA) is 50.4 Å². The Balaban J connectivity index is 2.18. The molecule has 94 valence electrons. The number of aliphatic carboxylic acids is 1. The number of rotatable bonds is 4. The van der Waals surface area contributed by atoms with Crippen LogP contribution in [0.2, 0.25) is 10.0 Å². The minimum absolute atomic E-state index is 0.0499. The fourth-order valence-electron chi connectivity index (χ4n) is 1.55. The van der Waals surface area contributed by atoms with Crippen molar-refractivity contribution in [3.05, 3.63) is 46.1 Å². The van der Waals surface area contributed by atoms with Gasteiger partial charge < -0.3 is 9.52 Å². The molecule has 5 heteroatoms. The number of hydrogen-bond donors (Lipinski definition) is 1. The Kier molecular flexibility index (Phi) is 3.94. The van der Waals surface area contributed by atoms with Crippen molar-refractivity contribution in [1.29, 1.82) is 0 Å². The standard InChI is InChI=1S/C13H10Cl2O3/c14-10-4-1-8(7-11(10)15)12-5-2-9(18-12)3-6-13(16)17/h1-2,4-5,7H,3,6H2,(H,16,17). The summed E-state index contributed by atoms with van der Waals surface area (Å²) < 4.78 is 5.55. The van der Waals surface area contributed by atoms with E-state index in [1.165, 1.54) is 0 Å². The van der Waals surface area contributed by atoms with E-state index < -0.39 is 5.97 Å². The molecule has 0 amide bonds. The first-order valence-corrected chi connectivity index (χ1v) is 6.08. The lowest BCUT2D eigenvalue weighted by atomic mass is 10.2. The van der Waals surface area contributed by atoms with Gasteiger partial charge in [-0.1, -0.05) is 23.2 Å². The van der Waals surface area contributed by atoms with Crippen LogP contribution in [0.5, 0.6) is 0 Å². The summed E-state index contributed by atoms with van der Waals surface area (Å²) in [4.78, 5) is 10.5. The van der Waals surface area contributed by atoms with Gasteiger partial charge in [0.2, 0.25) is 0 Å². The van der Waals surface area contributed by atoms with Crippen LogP contribution in [0.15, 0.2) is 34.7 Å². The normalized spacial score (nSPS) is 10.6. The van der Waals surface area contributed by atoms with Gasteiger partial charge in [-0.3, -0.25) is 4.79 Å². The smallest absolute Gasteiger partial charge is 0.303 e. The first-order valence-electron chi connectivity index (χ1n) is 5.32. The van der Waals surface area contributed by atoms with Crippen molar-refractivity contribution in [3.8, 4) is 11.3 Å². The number of aryl methyl sites for hydroxylation is 1. The number of halogens is 2. The molecule has 0 aliphatic rings.